The van der Waals surface area contributed by atoms with Crippen LogP contribution in [-0.4, -0.2) is 16.8 Å². The van der Waals surface area contributed by atoms with Gasteiger partial charge in [0.1, 0.15) is 11.4 Å². The highest BCUT2D eigenvalue weighted by molar-refractivity contribution is 6.31. The minimum atomic E-state index is -0.374. The van der Waals surface area contributed by atoms with E-state index in [9.17, 15) is 9.59 Å². The summed E-state index contributed by atoms with van der Waals surface area (Å²) in [6.07, 6.45) is 0. The van der Waals surface area contributed by atoms with Gasteiger partial charge in [-0.3, -0.25) is 9.59 Å². The molecule has 28 heavy (non-hydrogen) atoms. The Balaban J connectivity index is 1.69. The van der Waals surface area contributed by atoms with Crippen LogP contribution in [0.4, 0.5) is 5.69 Å². The fraction of sp³-hybridized carbons (Fsp3) is 0.136. The lowest BCUT2D eigenvalue weighted by Crippen LogP contribution is -2.25. The van der Waals surface area contributed by atoms with Crippen LogP contribution in [0.15, 0.2) is 60.7 Å². The van der Waals surface area contributed by atoms with Gasteiger partial charge in [0.15, 0.2) is 0 Å². The summed E-state index contributed by atoms with van der Waals surface area (Å²) >= 11 is 6.10. The third kappa shape index (κ3) is 4.75. The molecule has 1 heterocycles. The third-order valence-corrected chi connectivity index (χ3v) is 4.61. The minimum Gasteiger partial charge on any atom is -0.347 e. The molecule has 2 amide bonds. The summed E-state index contributed by atoms with van der Waals surface area (Å²) in [4.78, 5) is 29.1. The van der Waals surface area contributed by atoms with E-state index >= 15 is 0 Å². The van der Waals surface area contributed by atoms with Crippen LogP contribution in [0.2, 0.25) is 5.02 Å². The third-order valence-electron chi connectivity index (χ3n) is 4.24. The number of nitrogens with one attached hydrogen (secondary N) is 2. The Bertz CT molecular complexity index is 1030. The summed E-state index contributed by atoms with van der Waals surface area (Å²) in [5.74, 6) is -0.742. The van der Waals surface area contributed by atoms with Gasteiger partial charge in [-0.15, -0.1) is 0 Å². The predicted molar refractivity (Wildman–Crippen MR) is 111 cm³/mol. The van der Waals surface area contributed by atoms with Gasteiger partial charge in [-0.2, -0.15) is 0 Å². The summed E-state index contributed by atoms with van der Waals surface area (Å²) in [6, 6.07) is 17.8. The molecule has 5 nitrogen and oxygen atoms in total. The first-order valence-corrected chi connectivity index (χ1v) is 9.19. The second-order valence-electron chi connectivity index (χ2n) is 6.45. The average molecular weight is 394 g/mol. The van der Waals surface area contributed by atoms with Gasteiger partial charge in [-0.05, 0) is 49.2 Å². The molecule has 0 bridgehead atoms. The lowest BCUT2D eigenvalue weighted by atomic mass is 10.1. The Morgan fingerprint density at radius 3 is 2.36 bits per heavy atom. The number of nitrogens with zero attached hydrogens (tertiary/aromatic N) is 1. The summed E-state index contributed by atoms with van der Waals surface area (Å²) in [7, 11) is 0. The van der Waals surface area contributed by atoms with Crippen LogP contribution in [0.5, 0.6) is 0 Å². The summed E-state index contributed by atoms with van der Waals surface area (Å²) in [6.45, 7) is 4.19. The van der Waals surface area contributed by atoms with E-state index in [0.717, 1.165) is 16.7 Å². The molecular weight excluding hydrogens is 374 g/mol. The van der Waals surface area contributed by atoms with E-state index in [4.69, 9.17) is 11.6 Å². The maximum absolute atomic E-state index is 12.5. The molecule has 0 spiro atoms. The molecule has 142 valence electrons. The van der Waals surface area contributed by atoms with Gasteiger partial charge >= 0.3 is 0 Å². The highest BCUT2D eigenvalue weighted by atomic mass is 35.5. The van der Waals surface area contributed by atoms with Crippen LogP contribution in [0.1, 0.15) is 37.7 Å². The van der Waals surface area contributed by atoms with Crippen LogP contribution in [0.3, 0.4) is 0 Å². The zero-order valence-electron chi connectivity index (χ0n) is 15.6. The number of hydrogen-bond donors (Lipinski definition) is 2. The molecule has 6 heteroatoms. The topological polar surface area (TPSA) is 71.1 Å². The molecule has 0 aliphatic carbocycles. The Labute approximate surface area is 168 Å². The molecule has 0 atom stereocenters. The minimum absolute atomic E-state index is 0.167. The molecule has 2 N–H and O–H groups in total. The van der Waals surface area contributed by atoms with Crippen molar-refractivity contribution in [1.29, 1.82) is 0 Å². The number of hydrogen-bond acceptors (Lipinski definition) is 3. The van der Waals surface area contributed by atoms with Crippen molar-refractivity contribution in [2.45, 2.75) is 20.4 Å². The lowest BCUT2D eigenvalue weighted by Gasteiger charge is -2.10. The van der Waals surface area contributed by atoms with E-state index in [1.165, 1.54) is 0 Å². The molecule has 0 saturated carbocycles. The van der Waals surface area contributed by atoms with E-state index in [0.29, 0.717) is 10.7 Å². The standard InChI is InChI=1S/C22H20ClN3O2/c1-14-10-11-18(15(2)12-14)26-22(28)20-9-5-8-19(25-20)21(27)24-13-16-6-3-4-7-17(16)23/h3-12H,13H2,1-2H3,(H,24,27)(H,26,28). The van der Waals surface area contributed by atoms with Gasteiger partial charge in [-0.1, -0.05) is 53.6 Å². The Morgan fingerprint density at radius 2 is 1.64 bits per heavy atom. The largest absolute Gasteiger partial charge is 0.347 e. The second-order valence-corrected chi connectivity index (χ2v) is 6.86. The van der Waals surface area contributed by atoms with Crippen LogP contribution in [0.25, 0.3) is 0 Å². The normalized spacial score (nSPS) is 10.4. The van der Waals surface area contributed by atoms with Crippen molar-refractivity contribution < 1.29 is 9.59 Å². The molecule has 0 aliphatic heterocycles. The number of anilines is 1. The molecule has 3 rings (SSSR count). The van der Waals surface area contributed by atoms with E-state index in [1.54, 1.807) is 24.3 Å². The second kappa shape index (κ2) is 8.67. The van der Waals surface area contributed by atoms with Crippen molar-refractivity contribution in [3.05, 3.63) is 93.8 Å². The quantitative estimate of drug-likeness (QED) is 0.668. The number of halogens is 1. The van der Waals surface area contributed by atoms with Crippen molar-refractivity contribution in [1.82, 2.24) is 10.3 Å². The first-order chi connectivity index (χ1) is 13.4. The first-order valence-electron chi connectivity index (χ1n) is 8.81. The SMILES string of the molecule is Cc1ccc(NC(=O)c2cccc(C(=O)NCc3ccccc3Cl)n2)c(C)c1. The van der Waals surface area contributed by atoms with Gasteiger partial charge < -0.3 is 10.6 Å². The summed E-state index contributed by atoms with van der Waals surface area (Å²) < 4.78 is 0. The molecular formula is C22H20ClN3O2. The van der Waals surface area contributed by atoms with Gasteiger partial charge in [-0.25, -0.2) is 4.98 Å². The highest BCUT2D eigenvalue weighted by Gasteiger charge is 2.13. The molecule has 0 aliphatic rings. The summed E-state index contributed by atoms with van der Waals surface area (Å²) in [5.41, 5.74) is 3.94. The van der Waals surface area contributed by atoms with E-state index < -0.39 is 0 Å². The smallest absolute Gasteiger partial charge is 0.274 e. The van der Waals surface area contributed by atoms with E-state index in [-0.39, 0.29) is 29.7 Å². The van der Waals surface area contributed by atoms with Gasteiger partial charge in [0, 0.05) is 17.3 Å². The average Bonchev–Trinajstić information content (AvgIpc) is 2.69. The van der Waals surface area contributed by atoms with Crippen LogP contribution in [0, 0.1) is 13.8 Å². The van der Waals surface area contributed by atoms with Crippen molar-refractivity contribution in [2.75, 3.05) is 5.32 Å². The molecule has 0 radical (unpaired) electrons. The van der Waals surface area contributed by atoms with Crippen molar-refractivity contribution in [3.63, 3.8) is 0 Å². The first kappa shape index (κ1) is 19.6. The lowest BCUT2D eigenvalue weighted by molar-refractivity contribution is 0.0945. The maximum atomic E-state index is 12.5. The summed E-state index contributed by atoms with van der Waals surface area (Å²) in [5, 5.41) is 6.19. The molecule has 1 aromatic heterocycles. The fourth-order valence-corrected chi connectivity index (χ4v) is 2.94. The van der Waals surface area contributed by atoms with Crippen LogP contribution < -0.4 is 10.6 Å². The molecule has 3 aromatic rings. The van der Waals surface area contributed by atoms with E-state index in [2.05, 4.69) is 15.6 Å². The number of pyridine rings is 1. The van der Waals surface area contributed by atoms with Gasteiger partial charge in [0.05, 0.1) is 0 Å². The van der Waals surface area contributed by atoms with Gasteiger partial charge in [0.25, 0.3) is 11.8 Å². The maximum Gasteiger partial charge on any atom is 0.274 e. The monoisotopic (exact) mass is 393 g/mol. The van der Waals surface area contributed by atoms with Crippen molar-refractivity contribution in [2.24, 2.45) is 0 Å². The molecule has 0 saturated heterocycles. The fourth-order valence-electron chi connectivity index (χ4n) is 2.74. The molecule has 0 fully saturated rings. The Kier molecular flexibility index (Phi) is 6.06. The van der Waals surface area contributed by atoms with Crippen molar-refractivity contribution in [3.8, 4) is 0 Å². The number of benzene rings is 2. The van der Waals surface area contributed by atoms with E-state index in [1.807, 2.05) is 50.2 Å². The number of amides is 2. The predicted octanol–water partition coefficient (Wildman–Crippen LogP) is 4.53. The number of aryl methyl sites for hydroxylation is 2. The number of carbonyl (C=O) groups is 2. The number of carbonyl (C=O) groups excluding carboxylic acids is 2. The van der Waals surface area contributed by atoms with Gasteiger partial charge in [0.2, 0.25) is 0 Å². The highest BCUT2D eigenvalue weighted by Crippen LogP contribution is 2.17. The Morgan fingerprint density at radius 1 is 0.929 bits per heavy atom. The Hall–Kier alpha value is -3.18. The molecule has 2 aromatic carbocycles. The zero-order valence-corrected chi connectivity index (χ0v) is 16.4. The van der Waals surface area contributed by atoms with Crippen molar-refractivity contribution >= 4 is 29.1 Å². The number of rotatable bonds is 5. The molecule has 0 unspecified atom stereocenters. The zero-order chi connectivity index (χ0) is 20.1. The van der Waals surface area contributed by atoms with Crippen LogP contribution in [-0.2, 0) is 6.54 Å². The van der Waals surface area contributed by atoms with Crippen LogP contribution >= 0.6 is 11.6 Å². The number of aromatic nitrogens is 1.